The maximum Gasteiger partial charge on any atom is 0.407 e. The second-order valence-corrected chi connectivity index (χ2v) is 11.8. The van der Waals surface area contributed by atoms with Crippen LogP contribution in [-0.4, -0.2) is 66.0 Å². The van der Waals surface area contributed by atoms with Gasteiger partial charge >= 0.3 is 6.09 Å². The number of carbonyl (C=O) groups excluding carboxylic acids is 2. The van der Waals surface area contributed by atoms with E-state index in [0.717, 1.165) is 15.7 Å². The third-order valence-corrected chi connectivity index (χ3v) is 8.53. The Bertz CT molecular complexity index is 1360. The van der Waals surface area contributed by atoms with Crippen LogP contribution in [0, 0.1) is 5.92 Å². The summed E-state index contributed by atoms with van der Waals surface area (Å²) in [7, 11) is -2.67. The van der Waals surface area contributed by atoms with E-state index in [1.54, 1.807) is 38.2 Å². The van der Waals surface area contributed by atoms with Gasteiger partial charge in [0, 0.05) is 11.0 Å². The number of nitrogens with one attached hydrogen (secondary N) is 2. The van der Waals surface area contributed by atoms with Gasteiger partial charge in [-0.3, -0.25) is 4.79 Å². The Hall–Kier alpha value is -3.22. The van der Waals surface area contributed by atoms with Gasteiger partial charge < -0.3 is 19.9 Å². The number of imidazole rings is 1. The van der Waals surface area contributed by atoms with Crippen LogP contribution in [0.5, 0.6) is 0 Å². The number of amides is 2. The van der Waals surface area contributed by atoms with Gasteiger partial charge in [0.15, 0.2) is 0 Å². The van der Waals surface area contributed by atoms with Crippen molar-refractivity contribution in [1.82, 2.24) is 24.5 Å². The van der Waals surface area contributed by atoms with Crippen molar-refractivity contribution in [1.29, 1.82) is 0 Å². The van der Waals surface area contributed by atoms with Crippen molar-refractivity contribution in [2.45, 2.75) is 30.8 Å². The number of halogens is 1. The Morgan fingerprint density at radius 1 is 1.14 bits per heavy atom. The molecule has 0 aliphatic carbocycles. The molecule has 196 valence electrons. The van der Waals surface area contributed by atoms with Crippen LogP contribution in [0.1, 0.15) is 25.7 Å². The lowest BCUT2D eigenvalue weighted by Gasteiger charge is -2.29. The molecule has 1 aliphatic heterocycles. The van der Waals surface area contributed by atoms with Crippen LogP contribution >= 0.6 is 15.9 Å². The SMILES string of the molecule is COC(=O)N[C@H](C(=O)N1CN(S(=O)(=O)c2ccccc2)C[C@H]1c1ncc(-c2ccc(Br)cc2)[nH]1)C(C)C. The number of aromatic amines is 1. The van der Waals surface area contributed by atoms with Gasteiger partial charge in [0.1, 0.15) is 17.9 Å². The summed E-state index contributed by atoms with van der Waals surface area (Å²) < 4.78 is 33.7. The molecule has 1 fully saturated rings. The number of methoxy groups -OCH3 is 1. The third-order valence-electron chi connectivity index (χ3n) is 6.18. The Labute approximate surface area is 224 Å². The van der Waals surface area contributed by atoms with Crippen LogP contribution < -0.4 is 5.32 Å². The molecule has 0 unspecified atom stereocenters. The van der Waals surface area contributed by atoms with E-state index in [4.69, 9.17) is 4.74 Å². The van der Waals surface area contributed by atoms with E-state index < -0.39 is 34.1 Å². The molecule has 2 heterocycles. The average Bonchev–Trinajstić information content (AvgIpc) is 3.56. The van der Waals surface area contributed by atoms with E-state index in [-0.39, 0.29) is 24.0 Å². The van der Waals surface area contributed by atoms with Gasteiger partial charge in [0.2, 0.25) is 15.9 Å². The Balaban J connectivity index is 1.70. The minimum Gasteiger partial charge on any atom is -0.453 e. The predicted octanol–water partition coefficient (Wildman–Crippen LogP) is 3.75. The second kappa shape index (κ2) is 11.0. The second-order valence-electron chi connectivity index (χ2n) is 8.96. The molecule has 0 radical (unpaired) electrons. The number of carbonyl (C=O) groups is 2. The number of ether oxygens (including phenoxy) is 1. The molecule has 10 nitrogen and oxygen atoms in total. The number of benzene rings is 2. The molecule has 2 atom stereocenters. The van der Waals surface area contributed by atoms with Crippen molar-refractivity contribution in [3.63, 3.8) is 0 Å². The molecule has 3 aromatic rings. The summed E-state index contributed by atoms with van der Waals surface area (Å²) in [6.07, 6.45) is 0.912. The fourth-order valence-electron chi connectivity index (χ4n) is 4.15. The van der Waals surface area contributed by atoms with E-state index in [9.17, 15) is 18.0 Å². The van der Waals surface area contributed by atoms with Crippen LogP contribution in [0.3, 0.4) is 0 Å². The number of nitrogens with zero attached hydrogens (tertiary/aromatic N) is 3. The van der Waals surface area contributed by atoms with Crippen LogP contribution in [-0.2, 0) is 19.6 Å². The van der Waals surface area contributed by atoms with E-state index >= 15 is 0 Å². The molecule has 2 N–H and O–H groups in total. The van der Waals surface area contributed by atoms with Gasteiger partial charge in [-0.15, -0.1) is 0 Å². The molecule has 4 rings (SSSR count). The number of alkyl carbamates (subject to hydrolysis) is 1. The summed E-state index contributed by atoms with van der Waals surface area (Å²) in [6.45, 7) is 3.39. The smallest absolute Gasteiger partial charge is 0.407 e. The summed E-state index contributed by atoms with van der Waals surface area (Å²) in [5.41, 5.74) is 1.62. The Morgan fingerprint density at radius 2 is 1.81 bits per heavy atom. The molecular formula is C25H28BrN5O5S. The molecule has 0 saturated carbocycles. The maximum atomic E-state index is 13.7. The van der Waals surface area contributed by atoms with Gasteiger partial charge in [0.05, 0.1) is 30.6 Å². The zero-order chi connectivity index (χ0) is 26.7. The number of aromatic nitrogens is 2. The van der Waals surface area contributed by atoms with Crippen LogP contribution in [0.15, 0.2) is 70.2 Å². The molecule has 1 aromatic heterocycles. The number of hydrogen-bond acceptors (Lipinski definition) is 6. The first-order valence-electron chi connectivity index (χ1n) is 11.6. The van der Waals surface area contributed by atoms with Crippen LogP contribution in [0.25, 0.3) is 11.3 Å². The zero-order valence-electron chi connectivity index (χ0n) is 20.6. The standard InChI is InChI=1S/C25H28BrN5O5S/c1-16(2)22(29-25(33)36-3)24(32)31-15-30(37(34,35)19-7-5-4-6-8-19)14-21(31)23-27-13-20(28-23)17-9-11-18(26)12-10-17/h4-13,16,21-22H,14-15H2,1-3H3,(H,27,28)(H,29,33)/t21-,22-/m0/s1. The molecule has 12 heteroatoms. The highest BCUT2D eigenvalue weighted by Gasteiger charge is 2.44. The summed E-state index contributed by atoms with van der Waals surface area (Å²) in [5.74, 6) is -0.266. The first-order chi connectivity index (χ1) is 17.6. The minimum absolute atomic E-state index is 0.000696. The summed E-state index contributed by atoms with van der Waals surface area (Å²) in [6, 6.07) is 14.1. The fourth-order valence-corrected chi connectivity index (χ4v) is 5.83. The average molecular weight is 591 g/mol. The van der Waals surface area contributed by atoms with Gasteiger partial charge in [0.25, 0.3) is 0 Å². The highest BCUT2D eigenvalue weighted by molar-refractivity contribution is 9.10. The molecular weight excluding hydrogens is 562 g/mol. The normalized spacial score (nSPS) is 17.1. The van der Waals surface area contributed by atoms with Crippen molar-refractivity contribution in [2.24, 2.45) is 5.92 Å². The predicted molar refractivity (Wildman–Crippen MR) is 141 cm³/mol. The van der Waals surface area contributed by atoms with E-state index in [2.05, 4.69) is 31.2 Å². The first-order valence-corrected chi connectivity index (χ1v) is 13.9. The van der Waals surface area contributed by atoms with Crippen molar-refractivity contribution < 1.29 is 22.7 Å². The molecule has 0 bridgehead atoms. The van der Waals surface area contributed by atoms with E-state index in [0.29, 0.717) is 5.82 Å². The highest BCUT2D eigenvalue weighted by atomic mass is 79.9. The topological polar surface area (TPSA) is 125 Å². The van der Waals surface area contributed by atoms with Gasteiger partial charge in [-0.05, 0) is 35.7 Å². The monoisotopic (exact) mass is 589 g/mol. The van der Waals surface area contributed by atoms with Gasteiger partial charge in [-0.2, -0.15) is 4.31 Å². The minimum atomic E-state index is -3.89. The molecule has 37 heavy (non-hydrogen) atoms. The first kappa shape index (κ1) is 26.8. The largest absolute Gasteiger partial charge is 0.453 e. The highest BCUT2D eigenvalue weighted by Crippen LogP contribution is 2.33. The third kappa shape index (κ3) is 5.71. The van der Waals surface area contributed by atoms with Crippen molar-refractivity contribution in [2.75, 3.05) is 20.3 Å². The Morgan fingerprint density at radius 3 is 2.43 bits per heavy atom. The van der Waals surface area contributed by atoms with Gasteiger partial charge in [-0.25, -0.2) is 18.2 Å². The van der Waals surface area contributed by atoms with E-state index in [1.807, 2.05) is 24.3 Å². The van der Waals surface area contributed by atoms with Crippen LogP contribution in [0.2, 0.25) is 0 Å². The van der Waals surface area contributed by atoms with Crippen molar-refractivity contribution in [3.05, 3.63) is 71.1 Å². The molecule has 1 saturated heterocycles. The fraction of sp³-hybridized carbons (Fsp3) is 0.320. The number of sulfonamides is 1. The number of H-pyrrole nitrogens is 1. The lowest BCUT2D eigenvalue weighted by Crippen LogP contribution is -2.51. The quantitative estimate of drug-likeness (QED) is 0.432. The summed E-state index contributed by atoms with van der Waals surface area (Å²) in [4.78, 5) is 35.0. The molecule has 2 aromatic carbocycles. The molecule has 0 spiro atoms. The summed E-state index contributed by atoms with van der Waals surface area (Å²) in [5, 5.41) is 2.58. The van der Waals surface area contributed by atoms with E-state index in [1.165, 1.54) is 28.4 Å². The van der Waals surface area contributed by atoms with Gasteiger partial charge in [-0.1, -0.05) is 60.1 Å². The summed E-state index contributed by atoms with van der Waals surface area (Å²) >= 11 is 3.42. The van der Waals surface area contributed by atoms with Crippen LogP contribution in [0.4, 0.5) is 4.79 Å². The number of rotatable bonds is 7. The van der Waals surface area contributed by atoms with Crippen molar-refractivity contribution >= 4 is 38.0 Å². The molecule has 1 aliphatic rings. The lowest BCUT2D eigenvalue weighted by molar-refractivity contribution is -0.135. The number of hydrogen-bond donors (Lipinski definition) is 2. The lowest BCUT2D eigenvalue weighted by atomic mass is 10.0. The Kier molecular flexibility index (Phi) is 8.00. The zero-order valence-corrected chi connectivity index (χ0v) is 23.0. The van der Waals surface area contributed by atoms with Crippen molar-refractivity contribution in [3.8, 4) is 11.3 Å². The molecule has 2 amide bonds. The maximum absolute atomic E-state index is 13.7.